The van der Waals surface area contributed by atoms with Crippen LogP contribution in [-0.4, -0.2) is 8.42 Å². The van der Waals surface area contributed by atoms with Crippen LogP contribution in [0.25, 0.3) is 11.3 Å². The molecular weight excluding hydrogens is 236 g/mol. The molecule has 1 aromatic heterocycles. The van der Waals surface area contributed by atoms with Gasteiger partial charge in [0.1, 0.15) is 5.76 Å². The standard InChI is InChI=1S/C10H7ClO3S/c11-15(12,13)10-7-6-9(14-10)8-4-2-1-3-5-8/h1-7H. The third kappa shape index (κ3) is 2.22. The molecule has 0 unspecified atom stereocenters. The second-order valence-corrected chi connectivity index (χ2v) is 5.42. The topological polar surface area (TPSA) is 47.3 Å². The molecule has 0 radical (unpaired) electrons. The zero-order valence-corrected chi connectivity index (χ0v) is 9.12. The second kappa shape index (κ2) is 3.72. The van der Waals surface area contributed by atoms with Gasteiger partial charge in [-0.15, -0.1) is 0 Å². The third-order valence-corrected chi connectivity index (χ3v) is 3.04. The monoisotopic (exact) mass is 242 g/mol. The van der Waals surface area contributed by atoms with E-state index in [0.29, 0.717) is 5.76 Å². The molecule has 0 saturated carbocycles. The normalized spacial score (nSPS) is 11.5. The van der Waals surface area contributed by atoms with E-state index in [0.717, 1.165) is 5.56 Å². The van der Waals surface area contributed by atoms with Crippen molar-refractivity contribution in [3.63, 3.8) is 0 Å². The molecule has 0 aliphatic heterocycles. The maximum Gasteiger partial charge on any atom is 0.294 e. The summed E-state index contributed by atoms with van der Waals surface area (Å²) in [6.45, 7) is 0. The predicted octanol–water partition coefficient (Wildman–Crippen LogP) is 2.87. The Morgan fingerprint density at radius 3 is 2.20 bits per heavy atom. The lowest BCUT2D eigenvalue weighted by Crippen LogP contribution is -1.85. The molecule has 0 aliphatic rings. The highest BCUT2D eigenvalue weighted by Gasteiger charge is 2.15. The highest BCUT2D eigenvalue weighted by molar-refractivity contribution is 8.13. The lowest BCUT2D eigenvalue weighted by atomic mass is 10.2. The molecule has 0 fully saturated rings. The van der Waals surface area contributed by atoms with Crippen LogP contribution in [0, 0.1) is 0 Å². The van der Waals surface area contributed by atoms with Gasteiger partial charge in [-0.05, 0) is 12.1 Å². The molecule has 78 valence electrons. The highest BCUT2D eigenvalue weighted by atomic mass is 35.7. The molecule has 5 heteroatoms. The Bertz CT molecular complexity index is 557. The van der Waals surface area contributed by atoms with E-state index in [1.807, 2.05) is 30.3 Å². The first-order valence-corrected chi connectivity index (χ1v) is 6.48. The Labute approximate surface area is 91.7 Å². The van der Waals surface area contributed by atoms with Crippen LogP contribution in [-0.2, 0) is 9.05 Å². The van der Waals surface area contributed by atoms with Gasteiger partial charge in [-0.2, -0.15) is 0 Å². The highest BCUT2D eigenvalue weighted by Crippen LogP contribution is 2.25. The van der Waals surface area contributed by atoms with E-state index in [9.17, 15) is 8.42 Å². The van der Waals surface area contributed by atoms with Crippen molar-refractivity contribution >= 4 is 19.7 Å². The van der Waals surface area contributed by atoms with Crippen molar-refractivity contribution in [1.82, 2.24) is 0 Å². The molecule has 2 rings (SSSR count). The van der Waals surface area contributed by atoms with Crippen LogP contribution in [0.4, 0.5) is 0 Å². The quantitative estimate of drug-likeness (QED) is 0.761. The Hall–Kier alpha value is -1.26. The van der Waals surface area contributed by atoms with Crippen molar-refractivity contribution in [3.05, 3.63) is 42.5 Å². The number of furan rings is 1. The van der Waals surface area contributed by atoms with Gasteiger partial charge in [0.2, 0.25) is 5.09 Å². The number of hydrogen-bond donors (Lipinski definition) is 0. The molecule has 0 aliphatic carbocycles. The molecule has 0 saturated heterocycles. The zero-order valence-electron chi connectivity index (χ0n) is 7.55. The van der Waals surface area contributed by atoms with Crippen LogP contribution < -0.4 is 0 Å². The van der Waals surface area contributed by atoms with Crippen molar-refractivity contribution in [3.8, 4) is 11.3 Å². The molecule has 0 spiro atoms. The Morgan fingerprint density at radius 1 is 1.00 bits per heavy atom. The summed E-state index contributed by atoms with van der Waals surface area (Å²) in [5.41, 5.74) is 0.809. The SMILES string of the molecule is O=S(=O)(Cl)c1ccc(-c2ccccc2)o1. The van der Waals surface area contributed by atoms with Gasteiger partial charge in [-0.25, -0.2) is 8.42 Å². The van der Waals surface area contributed by atoms with Crippen molar-refractivity contribution in [2.24, 2.45) is 0 Å². The van der Waals surface area contributed by atoms with E-state index in [-0.39, 0.29) is 5.09 Å². The number of hydrogen-bond acceptors (Lipinski definition) is 3. The molecule has 1 heterocycles. The first-order valence-electron chi connectivity index (χ1n) is 4.17. The summed E-state index contributed by atoms with van der Waals surface area (Å²) in [6.07, 6.45) is 0. The number of halogens is 1. The van der Waals surface area contributed by atoms with Crippen LogP contribution in [0.1, 0.15) is 0 Å². The fourth-order valence-electron chi connectivity index (χ4n) is 1.21. The van der Waals surface area contributed by atoms with Crippen molar-refractivity contribution < 1.29 is 12.8 Å². The second-order valence-electron chi connectivity index (χ2n) is 2.92. The molecule has 15 heavy (non-hydrogen) atoms. The van der Waals surface area contributed by atoms with E-state index in [4.69, 9.17) is 15.1 Å². The molecule has 0 N–H and O–H groups in total. The summed E-state index contributed by atoms with van der Waals surface area (Å²) >= 11 is 0. The van der Waals surface area contributed by atoms with E-state index in [1.165, 1.54) is 6.07 Å². The molecule has 0 bridgehead atoms. The van der Waals surface area contributed by atoms with Crippen molar-refractivity contribution in [2.45, 2.75) is 5.09 Å². The van der Waals surface area contributed by atoms with Gasteiger partial charge < -0.3 is 4.42 Å². The summed E-state index contributed by atoms with van der Waals surface area (Å²) in [4.78, 5) is 0. The van der Waals surface area contributed by atoms with Crippen LogP contribution in [0.5, 0.6) is 0 Å². The van der Waals surface area contributed by atoms with Crippen molar-refractivity contribution in [2.75, 3.05) is 0 Å². The largest absolute Gasteiger partial charge is 0.443 e. The van der Waals surface area contributed by atoms with Crippen LogP contribution >= 0.6 is 10.7 Å². The number of rotatable bonds is 2. The lowest BCUT2D eigenvalue weighted by Gasteiger charge is -1.94. The fraction of sp³-hybridized carbons (Fsp3) is 0. The van der Waals surface area contributed by atoms with Gasteiger partial charge in [-0.3, -0.25) is 0 Å². The number of benzene rings is 1. The van der Waals surface area contributed by atoms with Crippen LogP contribution in [0.15, 0.2) is 52.0 Å². The zero-order chi connectivity index (χ0) is 10.9. The fourth-order valence-corrected chi connectivity index (χ4v) is 1.88. The van der Waals surface area contributed by atoms with Gasteiger partial charge in [0, 0.05) is 16.2 Å². The minimum atomic E-state index is -3.78. The molecule has 3 nitrogen and oxygen atoms in total. The van der Waals surface area contributed by atoms with Gasteiger partial charge >= 0.3 is 0 Å². The maximum atomic E-state index is 10.9. The predicted molar refractivity (Wildman–Crippen MR) is 57.2 cm³/mol. The summed E-state index contributed by atoms with van der Waals surface area (Å²) < 4.78 is 27.0. The first-order chi connectivity index (χ1) is 7.07. The molecule has 0 atom stereocenters. The molecular formula is C10H7ClO3S. The van der Waals surface area contributed by atoms with Crippen molar-refractivity contribution in [1.29, 1.82) is 0 Å². The van der Waals surface area contributed by atoms with E-state index in [2.05, 4.69) is 0 Å². The van der Waals surface area contributed by atoms with E-state index < -0.39 is 9.05 Å². The van der Waals surface area contributed by atoms with Crippen LogP contribution in [0.2, 0.25) is 0 Å². The van der Waals surface area contributed by atoms with E-state index >= 15 is 0 Å². The maximum absolute atomic E-state index is 10.9. The van der Waals surface area contributed by atoms with Gasteiger partial charge in [-0.1, -0.05) is 30.3 Å². The van der Waals surface area contributed by atoms with Gasteiger partial charge in [0.05, 0.1) is 0 Å². The molecule has 1 aromatic carbocycles. The van der Waals surface area contributed by atoms with Gasteiger partial charge in [0.15, 0.2) is 0 Å². The molecule has 2 aromatic rings. The lowest BCUT2D eigenvalue weighted by molar-refractivity contribution is 0.466. The van der Waals surface area contributed by atoms with E-state index in [1.54, 1.807) is 6.07 Å². The first kappa shape index (κ1) is 10.3. The minimum absolute atomic E-state index is 0.233. The smallest absolute Gasteiger partial charge is 0.294 e. The third-order valence-electron chi connectivity index (χ3n) is 1.88. The van der Waals surface area contributed by atoms with Crippen LogP contribution in [0.3, 0.4) is 0 Å². The summed E-state index contributed by atoms with van der Waals surface area (Å²) in [7, 11) is 1.35. The Kier molecular flexibility index (Phi) is 2.54. The van der Waals surface area contributed by atoms with Gasteiger partial charge in [0.25, 0.3) is 9.05 Å². The molecule has 0 amide bonds. The minimum Gasteiger partial charge on any atom is -0.443 e. The Morgan fingerprint density at radius 2 is 1.67 bits per heavy atom. The average Bonchev–Trinajstić information content (AvgIpc) is 2.67. The Balaban J connectivity index is 2.46. The summed E-state index contributed by atoms with van der Waals surface area (Å²) in [6, 6.07) is 12.1. The average molecular weight is 243 g/mol. The summed E-state index contributed by atoms with van der Waals surface area (Å²) in [5, 5.41) is -0.233. The summed E-state index contributed by atoms with van der Waals surface area (Å²) in [5.74, 6) is 0.481.